The topological polar surface area (TPSA) is 104 Å². The summed E-state index contributed by atoms with van der Waals surface area (Å²) in [5.74, 6) is -1.05. The van der Waals surface area contributed by atoms with Crippen LogP contribution < -0.4 is 10.6 Å². The van der Waals surface area contributed by atoms with E-state index in [-0.39, 0.29) is 31.6 Å². The number of nitrogens with one attached hydrogen (secondary N) is 2. The number of fused-ring (bicyclic) bond motifs is 1. The summed E-state index contributed by atoms with van der Waals surface area (Å²) < 4.78 is 39.3. The Bertz CT molecular complexity index is 1080. The SMILES string of the molecule is O=C1NC(=O)[C@](CCC(=O)N2Cc3cc(Cl)c(C(F)(F)F)cc3C2)(c2cnccn2)N1. The Morgan fingerprint density at radius 2 is 1.90 bits per heavy atom. The smallest absolute Gasteiger partial charge is 0.334 e. The molecule has 0 aliphatic carbocycles. The Morgan fingerprint density at radius 3 is 2.48 bits per heavy atom. The van der Waals surface area contributed by atoms with Crippen LogP contribution in [-0.4, -0.2) is 32.7 Å². The van der Waals surface area contributed by atoms with E-state index in [0.29, 0.717) is 11.1 Å². The number of hydrogen-bond acceptors (Lipinski definition) is 5. The number of imide groups is 1. The third-order valence-corrected chi connectivity index (χ3v) is 5.64. The van der Waals surface area contributed by atoms with E-state index in [1.165, 1.54) is 29.6 Å². The molecule has 4 rings (SSSR count). The molecule has 8 nitrogen and oxygen atoms in total. The van der Waals surface area contributed by atoms with Gasteiger partial charge in [0.15, 0.2) is 5.54 Å². The standard InChI is InChI=1S/C19H15ClF3N5O3/c20-13-6-11-9-28(8-10(11)5-12(13)19(21,22)23)15(29)1-2-18(14-7-24-3-4-25-14)16(30)26-17(31)27-18/h3-7H,1-2,8-9H2,(H2,26,27,30,31)/t18-/m0/s1. The van der Waals surface area contributed by atoms with Gasteiger partial charge >= 0.3 is 12.2 Å². The minimum absolute atomic E-state index is 0.00882. The zero-order chi connectivity index (χ0) is 22.4. The van der Waals surface area contributed by atoms with Crippen LogP contribution in [0.1, 0.15) is 35.2 Å². The normalized spacial score (nSPS) is 20.5. The molecule has 0 bridgehead atoms. The number of halogens is 4. The van der Waals surface area contributed by atoms with Gasteiger partial charge in [-0.15, -0.1) is 0 Å². The van der Waals surface area contributed by atoms with Crippen molar-refractivity contribution >= 4 is 29.4 Å². The summed E-state index contributed by atoms with van der Waals surface area (Å²) in [4.78, 5) is 46.4. The van der Waals surface area contributed by atoms with E-state index in [2.05, 4.69) is 20.6 Å². The van der Waals surface area contributed by atoms with Crippen molar-refractivity contribution in [1.82, 2.24) is 25.5 Å². The van der Waals surface area contributed by atoms with Crippen molar-refractivity contribution in [1.29, 1.82) is 0 Å². The second kappa shape index (κ2) is 7.49. The molecule has 31 heavy (non-hydrogen) atoms. The Labute approximate surface area is 178 Å². The van der Waals surface area contributed by atoms with Crippen LogP contribution in [0.3, 0.4) is 0 Å². The molecular formula is C19H15ClF3N5O3. The Hall–Kier alpha value is -3.21. The van der Waals surface area contributed by atoms with Gasteiger partial charge in [-0.05, 0) is 29.7 Å². The van der Waals surface area contributed by atoms with Crippen molar-refractivity contribution in [3.8, 4) is 0 Å². The first-order valence-electron chi connectivity index (χ1n) is 9.16. The monoisotopic (exact) mass is 453 g/mol. The average molecular weight is 454 g/mol. The molecule has 1 atom stereocenters. The predicted octanol–water partition coefficient (Wildman–Crippen LogP) is 2.51. The number of rotatable bonds is 4. The number of benzene rings is 1. The van der Waals surface area contributed by atoms with Crippen LogP contribution in [0.25, 0.3) is 0 Å². The minimum atomic E-state index is -4.60. The van der Waals surface area contributed by atoms with Gasteiger partial charge in [0.25, 0.3) is 5.91 Å². The Morgan fingerprint density at radius 1 is 1.19 bits per heavy atom. The lowest BCUT2D eigenvalue weighted by molar-refractivity contribution is -0.137. The first kappa shape index (κ1) is 21.0. The molecule has 1 aromatic carbocycles. The molecule has 2 aliphatic rings. The van der Waals surface area contributed by atoms with Crippen molar-refractivity contribution in [2.75, 3.05) is 0 Å². The van der Waals surface area contributed by atoms with Gasteiger partial charge in [0, 0.05) is 31.9 Å². The van der Waals surface area contributed by atoms with Crippen LogP contribution in [0.5, 0.6) is 0 Å². The maximum atomic E-state index is 13.1. The number of carbonyl (C=O) groups excluding carboxylic acids is 3. The Balaban J connectivity index is 1.51. The Kier molecular flexibility index (Phi) is 5.08. The van der Waals surface area contributed by atoms with Gasteiger partial charge in [0.2, 0.25) is 5.91 Å². The van der Waals surface area contributed by atoms with Crippen molar-refractivity contribution in [2.45, 2.75) is 37.6 Å². The molecule has 4 amide bonds. The number of nitrogens with zero attached hydrogens (tertiary/aromatic N) is 3. The molecule has 162 valence electrons. The van der Waals surface area contributed by atoms with E-state index in [1.807, 2.05) is 0 Å². The number of urea groups is 1. The van der Waals surface area contributed by atoms with Crippen LogP contribution in [0, 0.1) is 0 Å². The fourth-order valence-corrected chi connectivity index (χ4v) is 4.06. The zero-order valence-corrected chi connectivity index (χ0v) is 16.5. The summed E-state index contributed by atoms with van der Waals surface area (Å²) in [5, 5.41) is 4.23. The molecule has 3 heterocycles. The van der Waals surface area contributed by atoms with Gasteiger partial charge in [0.1, 0.15) is 0 Å². The number of alkyl halides is 3. The lowest BCUT2D eigenvalue weighted by atomic mass is 9.89. The van der Waals surface area contributed by atoms with Crippen LogP contribution in [0.2, 0.25) is 5.02 Å². The molecule has 0 radical (unpaired) electrons. The number of aromatic nitrogens is 2. The molecule has 2 aromatic rings. The number of amides is 4. The summed E-state index contributed by atoms with van der Waals surface area (Å²) in [5.41, 5.74) is -1.44. The van der Waals surface area contributed by atoms with Gasteiger partial charge in [0.05, 0.1) is 22.5 Å². The summed E-state index contributed by atoms with van der Waals surface area (Å²) >= 11 is 5.76. The van der Waals surface area contributed by atoms with Gasteiger partial charge in [-0.2, -0.15) is 13.2 Å². The second-order valence-corrected chi connectivity index (χ2v) is 7.66. The average Bonchev–Trinajstić information content (AvgIpc) is 3.25. The molecule has 0 unspecified atom stereocenters. The molecule has 0 spiro atoms. The highest BCUT2D eigenvalue weighted by atomic mass is 35.5. The maximum Gasteiger partial charge on any atom is 0.417 e. The lowest BCUT2D eigenvalue weighted by Crippen LogP contribution is -2.45. The largest absolute Gasteiger partial charge is 0.417 e. The molecule has 1 aromatic heterocycles. The molecule has 12 heteroatoms. The predicted molar refractivity (Wildman–Crippen MR) is 100 cm³/mol. The van der Waals surface area contributed by atoms with E-state index >= 15 is 0 Å². The van der Waals surface area contributed by atoms with Gasteiger partial charge in [-0.25, -0.2) is 4.79 Å². The van der Waals surface area contributed by atoms with E-state index in [9.17, 15) is 27.6 Å². The summed E-state index contributed by atoms with van der Waals surface area (Å²) in [6.45, 7) is 0.0911. The molecular weight excluding hydrogens is 439 g/mol. The van der Waals surface area contributed by atoms with Gasteiger partial charge in [-0.3, -0.25) is 24.9 Å². The summed E-state index contributed by atoms with van der Waals surface area (Å²) in [6.07, 6.45) is -0.765. The molecule has 2 N–H and O–H groups in total. The third-order valence-electron chi connectivity index (χ3n) is 5.33. The quantitative estimate of drug-likeness (QED) is 0.692. The van der Waals surface area contributed by atoms with E-state index in [4.69, 9.17) is 11.6 Å². The van der Waals surface area contributed by atoms with Crippen LogP contribution in [0.15, 0.2) is 30.7 Å². The summed E-state index contributed by atoms with van der Waals surface area (Å²) in [6, 6.07) is 1.46. The molecule has 1 fully saturated rings. The highest BCUT2D eigenvalue weighted by Gasteiger charge is 2.49. The summed E-state index contributed by atoms with van der Waals surface area (Å²) in [7, 11) is 0. The molecule has 0 saturated carbocycles. The van der Waals surface area contributed by atoms with Crippen LogP contribution in [0.4, 0.5) is 18.0 Å². The van der Waals surface area contributed by atoms with E-state index < -0.39 is 40.1 Å². The third kappa shape index (κ3) is 3.80. The van der Waals surface area contributed by atoms with Crippen molar-refractivity contribution in [3.05, 3.63) is 58.1 Å². The van der Waals surface area contributed by atoms with Gasteiger partial charge < -0.3 is 10.2 Å². The van der Waals surface area contributed by atoms with Crippen LogP contribution in [-0.2, 0) is 34.4 Å². The lowest BCUT2D eigenvalue weighted by Gasteiger charge is -2.25. The first-order valence-corrected chi connectivity index (χ1v) is 9.54. The minimum Gasteiger partial charge on any atom is -0.334 e. The first-order chi connectivity index (χ1) is 14.6. The van der Waals surface area contributed by atoms with Crippen molar-refractivity contribution < 1.29 is 27.6 Å². The van der Waals surface area contributed by atoms with Crippen molar-refractivity contribution in [3.63, 3.8) is 0 Å². The second-order valence-electron chi connectivity index (χ2n) is 7.25. The number of hydrogen-bond donors (Lipinski definition) is 2. The zero-order valence-electron chi connectivity index (χ0n) is 15.8. The highest BCUT2D eigenvalue weighted by molar-refractivity contribution is 6.31. The van der Waals surface area contributed by atoms with E-state index in [0.717, 1.165) is 6.07 Å². The molecule has 2 aliphatic heterocycles. The number of carbonyl (C=O) groups is 3. The van der Waals surface area contributed by atoms with Crippen molar-refractivity contribution in [2.24, 2.45) is 0 Å². The van der Waals surface area contributed by atoms with Gasteiger partial charge in [-0.1, -0.05) is 11.6 Å². The van der Waals surface area contributed by atoms with Crippen LogP contribution >= 0.6 is 11.6 Å². The fraction of sp³-hybridized carbons (Fsp3) is 0.316. The maximum absolute atomic E-state index is 13.1. The van der Waals surface area contributed by atoms with E-state index in [1.54, 1.807) is 0 Å². The highest BCUT2D eigenvalue weighted by Crippen LogP contribution is 2.39. The molecule has 1 saturated heterocycles. The fourth-order valence-electron chi connectivity index (χ4n) is 3.76.